The van der Waals surface area contributed by atoms with Gasteiger partial charge < -0.3 is 5.32 Å². The van der Waals surface area contributed by atoms with Crippen molar-refractivity contribution >= 4 is 17.5 Å². The number of hydrogen-bond acceptors (Lipinski definition) is 1. The third kappa shape index (κ3) is 12.2. The van der Waals surface area contributed by atoms with Crippen molar-refractivity contribution in [1.29, 1.82) is 0 Å². The van der Waals surface area contributed by atoms with Crippen molar-refractivity contribution in [1.82, 2.24) is 5.32 Å². The number of amides is 1. The highest BCUT2D eigenvalue weighted by atomic mass is 35.5. The van der Waals surface area contributed by atoms with Crippen LogP contribution in [-0.2, 0) is 4.79 Å². The highest BCUT2D eigenvalue weighted by Gasteiger charge is 2.02. The summed E-state index contributed by atoms with van der Waals surface area (Å²) in [5, 5.41) is 2.98. The van der Waals surface area contributed by atoms with Gasteiger partial charge in [0.1, 0.15) is 0 Å². The summed E-state index contributed by atoms with van der Waals surface area (Å²) >= 11 is 5.73. The lowest BCUT2D eigenvalue weighted by molar-refractivity contribution is -0.121. The van der Waals surface area contributed by atoms with Crippen LogP contribution in [0.25, 0.3) is 0 Å². The Morgan fingerprint density at radius 3 is 2.44 bits per heavy atom. The summed E-state index contributed by atoms with van der Waals surface area (Å²) in [6.07, 6.45) is 10.2. The van der Waals surface area contributed by atoms with Crippen molar-refractivity contribution in [2.45, 2.75) is 71.6 Å². The quantitative estimate of drug-likeness (QED) is 0.412. The van der Waals surface area contributed by atoms with Gasteiger partial charge in [-0.05, 0) is 25.2 Å². The van der Waals surface area contributed by atoms with Crippen LogP contribution in [0.3, 0.4) is 0 Å². The third-order valence-corrected chi connectivity index (χ3v) is 3.74. The minimum absolute atomic E-state index is 0.212. The first kappa shape index (κ1) is 17.8. The van der Waals surface area contributed by atoms with Crippen LogP contribution >= 0.6 is 11.6 Å². The molecule has 1 unspecified atom stereocenters. The molecule has 0 rings (SSSR count). The fourth-order valence-corrected chi connectivity index (χ4v) is 2.06. The summed E-state index contributed by atoms with van der Waals surface area (Å²) in [6, 6.07) is 0. The lowest BCUT2D eigenvalue weighted by Crippen LogP contribution is -2.24. The molecule has 2 nitrogen and oxygen atoms in total. The van der Waals surface area contributed by atoms with Crippen LogP contribution in [0.1, 0.15) is 71.6 Å². The van der Waals surface area contributed by atoms with Crippen LogP contribution < -0.4 is 5.32 Å². The Kier molecular flexibility index (Phi) is 13.0. The Bertz CT molecular complexity index is 197. The Morgan fingerprint density at radius 1 is 1.11 bits per heavy atom. The summed E-state index contributed by atoms with van der Waals surface area (Å²) in [6.45, 7) is 5.17. The molecule has 0 aromatic carbocycles. The fraction of sp³-hybridized carbons (Fsp3) is 0.933. The van der Waals surface area contributed by atoms with Crippen molar-refractivity contribution in [2.75, 3.05) is 12.4 Å². The standard InChI is InChI=1S/C15H30ClNO/c1-3-4-5-6-7-8-11-15(18)17-12-9-10-14(2)13-16/h14H,3-13H2,1-2H3,(H,17,18). The van der Waals surface area contributed by atoms with Crippen molar-refractivity contribution in [3.05, 3.63) is 0 Å². The van der Waals surface area contributed by atoms with Crippen LogP contribution in [0.15, 0.2) is 0 Å². The second kappa shape index (κ2) is 13.2. The number of unbranched alkanes of at least 4 members (excludes halogenated alkanes) is 5. The maximum atomic E-state index is 11.5. The molecule has 0 spiro atoms. The molecule has 18 heavy (non-hydrogen) atoms. The number of hydrogen-bond donors (Lipinski definition) is 1. The molecule has 0 fully saturated rings. The van der Waals surface area contributed by atoms with Gasteiger partial charge in [-0.1, -0.05) is 46.0 Å². The molecule has 0 aliphatic carbocycles. The van der Waals surface area contributed by atoms with Crippen LogP contribution in [0.2, 0.25) is 0 Å². The van der Waals surface area contributed by atoms with Crippen molar-refractivity contribution in [3.63, 3.8) is 0 Å². The number of carbonyl (C=O) groups excluding carboxylic acids is 1. The first-order chi connectivity index (χ1) is 8.70. The van der Waals surface area contributed by atoms with Gasteiger partial charge in [0.05, 0.1) is 0 Å². The molecule has 0 radical (unpaired) electrons. The number of alkyl halides is 1. The zero-order chi connectivity index (χ0) is 13.6. The Hall–Kier alpha value is -0.240. The topological polar surface area (TPSA) is 29.1 Å². The van der Waals surface area contributed by atoms with E-state index >= 15 is 0 Å². The van der Waals surface area contributed by atoms with E-state index in [4.69, 9.17) is 11.6 Å². The average molecular weight is 276 g/mol. The van der Waals surface area contributed by atoms with Gasteiger partial charge >= 0.3 is 0 Å². The Morgan fingerprint density at radius 2 is 1.78 bits per heavy atom. The second-order valence-corrected chi connectivity index (χ2v) is 5.58. The van der Waals surface area contributed by atoms with E-state index in [0.29, 0.717) is 18.2 Å². The molecule has 0 saturated heterocycles. The summed E-state index contributed by atoms with van der Waals surface area (Å²) in [5.74, 6) is 1.48. The predicted octanol–water partition coefficient (Wildman–Crippen LogP) is 4.51. The van der Waals surface area contributed by atoms with E-state index in [9.17, 15) is 4.79 Å². The highest BCUT2D eigenvalue weighted by molar-refractivity contribution is 6.18. The van der Waals surface area contributed by atoms with Gasteiger partial charge in [-0.15, -0.1) is 11.6 Å². The van der Waals surface area contributed by atoms with Gasteiger partial charge in [0.25, 0.3) is 0 Å². The monoisotopic (exact) mass is 275 g/mol. The first-order valence-electron chi connectivity index (χ1n) is 7.53. The summed E-state index contributed by atoms with van der Waals surface area (Å²) in [7, 11) is 0. The molecule has 0 saturated carbocycles. The molecular weight excluding hydrogens is 246 g/mol. The molecule has 1 N–H and O–H groups in total. The molecule has 0 bridgehead atoms. The fourth-order valence-electron chi connectivity index (χ4n) is 1.91. The molecule has 0 aromatic heterocycles. The van der Waals surface area contributed by atoms with E-state index in [1.54, 1.807) is 0 Å². The molecule has 3 heteroatoms. The van der Waals surface area contributed by atoms with Crippen molar-refractivity contribution in [3.8, 4) is 0 Å². The largest absolute Gasteiger partial charge is 0.356 e. The molecule has 108 valence electrons. The predicted molar refractivity (Wildman–Crippen MR) is 80.1 cm³/mol. The zero-order valence-corrected chi connectivity index (χ0v) is 12.9. The van der Waals surface area contributed by atoms with Crippen LogP contribution in [0.5, 0.6) is 0 Å². The number of halogens is 1. The highest BCUT2D eigenvalue weighted by Crippen LogP contribution is 2.07. The minimum atomic E-state index is 0.212. The number of carbonyl (C=O) groups is 1. The molecule has 1 amide bonds. The van der Waals surface area contributed by atoms with Crippen molar-refractivity contribution in [2.24, 2.45) is 5.92 Å². The lowest BCUT2D eigenvalue weighted by atomic mass is 10.1. The molecular formula is C15H30ClNO. The summed E-state index contributed by atoms with van der Waals surface area (Å²) in [4.78, 5) is 11.5. The van der Waals surface area contributed by atoms with Gasteiger partial charge in [0.15, 0.2) is 0 Å². The van der Waals surface area contributed by atoms with E-state index in [1.807, 2.05) is 0 Å². The summed E-state index contributed by atoms with van der Waals surface area (Å²) in [5.41, 5.74) is 0. The SMILES string of the molecule is CCCCCCCCC(=O)NCCCC(C)CCl. The van der Waals surface area contributed by atoms with E-state index in [1.165, 1.54) is 32.1 Å². The number of nitrogens with one attached hydrogen (secondary N) is 1. The van der Waals surface area contributed by atoms with E-state index in [-0.39, 0.29) is 5.91 Å². The third-order valence-electron chi connectivity index (χ3n) is 3.22. The van der Waals surface area contributed by atoms with Gasteiger partial charge in [-0.25, -0.2) is 0 Å². The van der Waals surface area contributed by atoms with Crippen molar-refractivity contribution < 1.29 is 4.79 Å². The van der Waals surface area contributed by atoms with Crippen LogP contribution in [0, 0.1) is 5.92 Å². The molecule has 0 aromatic rings. The van der Waals surface area contributed by atoms with Gasteiger partial charge in [-0.3, -0.25) is 4.79 Å². The maximum absolute atomic E-state index is 11.5. The van der Waals surface area contributed by atoms with Gasteiger partial charge in [0, 0.05) is 18.8 Å². The first-order valence-corrected chi connectivity index (χ1v) is 8.06. The Labute approximate surface area is 118 Å². The zero-order valence-electron chi connectivity index (χ0n) is 12.1. The number of rotatable bonds is 12. The molecule has 0 aliphatic heterocycles. The minimum Gasteiger partial charge on any atom is -0.356 e. The van der Waals surface area contributed by atoms with Crippen LogP contribution in [-0.4, -0.2) is 18.3 Å². The average Bonchev–Trinajstić information content (AvgIpc) is 2.38. The molecule has 0 heterocycles. The van der Waals surface area contributed by atoms with Gasteiger partial charge in [0.2, 0.25) is 5.91 Å². The molecule has 1 atom stereocenters. The lowest BCUT2D eigenvalue weighted by Gasteiger charge is -2.08. The van der Waals surface area contributed by atoms with E-state index < -0.39 is 0 Å². The smallest absolute Gasteiger partial charge is 0.219 e. The van der Waals surface area contributed by atoms with Gasteiger partial charge in [-0.2, -0.15) is 0 Å². The second-order valence-electron chi connectivity index (χ2n) is 5.27. The summed E-state index contributed by atoms with van der Waals surface area (Å²) < 4.78 is 0. The Balaban J connectivity index is 3.22. The van der Waals surface area contributed by atoms with E-state index in [2.05, 4.69) is 19.2 Å². The normalized spacial score (nSPS) is 12.4. The molecule has 0 aliphatic rings. The van der Waals surface area contributed by atoms with E-state index in [0.717, 1.165) is 25.8 Å². The van der Waals surface area contributed by atoms with Crippen LogP contribution in [0.4, 0.5) is 0 Å². The maximum Gasteiger partial charge on any atom is 0.219 e.